The molecule has 4 aromatic carbocycles. The van der Waals surface area contributed by atoms with E-state index in [2.05, 4.69) is 0 Å². The molecule has 0 radical (unpaired) electrons. The number of rotatable bonds is 11. The average molecular weight is 561 g/mol. The summed E-state index contributed by atoms with van der Waals surface area (Å²) in [7, 11) is 1.47. The number of methoxy groups -OCH3 is 1. The van der Waals surface area contributed by atoms with Gasteiger partial charge in [0.15, 0.2) is 5.78 Å². The van der Waals surface area contributed by atoms with E-state index in [-0.39, 0.29) is 16.7 Å². The van der Waals surface area contributed by atoms with Crippen molar-refractivity contribution in [3.8, 4) is 5.75 Å². The van der Waals surface area contributed by atoms with Crippen LogP contribution in [0.5, 0.6) is 5.75 Å². The van der Waals surface area contributed by atoms with Gasteiger partial charge in [-0.05, 0) is 72.8 Å². The Bertz CT molecular complexity index is 1440. The fraction of sp³-hybridized carbons (Fsp3) is 0.0968. The molecule has 0 spiro atoms. The average Bonchev–Trinajstić information content (AvgIpc) is 2.98. The molecule has 0 N–H and O–H groups in total. The van der Waals surface area contributed by atoms with Gasteiger partial charge >= 0.3 is 0 Å². The first-order valence-corrected chi connectivity index (χ1v) is 12.5. The Hall–Kier alpha value is -4.10. The summed E-state index contributed by atoms with van der Waals surface area (Å²) >= 11 is 12.0. The smallest absolute Gasteiger partial charge is 0.257 e. The highest BCUT2D eigenvalue weighted by atomic mass is 35.5. The summed E-state index contributed by atoms with van der Waals surface area (Å²) in [6, 6.07) is 25.5. The number of Topliss-reactive ketones (excluding diaryl/α,β-unsaturated/α-hetero) is 4. The van der Waals surface area contributed by atoms with E-state index in [1.165, 1.54) is 79.9 Å². The third kappa shape index (κ3) is 5.99. The zero-order chi connectivity index (χ0) is 28.0. The molecule has 0 aliphatic heterocycles. The van der Waals surface area contributed by atoms with Crippen LogP contribution in [0.3, 0.4) is 0 Å². The van der Waals surface area contributed by atoms with E-state index < -0.39 is 35.3 Å². The highest BCUT2D eigenvalue weighted by molar-refractivity contribution is 6.39. The highest BCUT2D eigenvalue weighted by Crippen LogP contribution is 2.30. The Morgan fingerprint density at radius 1 is 0.590 bits per heavy atom. The van der Waals surface area contributed by atoms with E-state index in [9.17, 15) is 19.2 Å². The number of benzene rings is 4. The van der Waals surface area contributed by atoms with Gasteiger partial charge in [0, 0.05) is 32.3 Å². The molecule has 0 amide bonds. The Morgan fingerprint density at radius 2 is 1.00 bits per heavy atom. The van der Waals surface area contributed by atoms with Crippen molar-refractivity contribution in [1.29, 1.82) is 0 Å². The molecule has 4 rings (SSSR count). The molecule has 0 atom stereocenters. The third-order valence-corrected chi connectivity index (χ3v) is 6.54. The van der Waals surface area contributed by atoms with Crippen molar-refractivity contribution in [2.75, 3.05) is 13.7 Å². The molecule has 0 aliphatic rings. The van der Waals surface area contributed by atoms with E-state index in [4.69, 9.17) is 32.7 Å². The molecule has 0 bridgehead atoms. The molecule has 0 saturated carbocycles. The van der Waals surface area contributed by atoms with Gasteiger partial charge in [-0.1, -0.05) is 53.5 Å². The molecule has 0 aliphatic carbocycles. The zero-order valence-corrected chi connectivity index (χ0v) is 22.2. The zero-order valence-electron chi connectivity index (χ0n) is 20.7. The van der Waals surface area contributed by atoms with E-state index >= 15 is 0 Å². The van der Waals surface area contributed by atoms with Gasteiger partial charge in [-0.2, -0.15) is 0 Å². The minimum Gasteiger partial charge on any atom is -0.497 e. The van der Waals surface area contributed by atoms with Crippen LogP contribution in [-0.2, 0) is 4.74 Å². The van der Waals surface area contributed by atoms with Gasteiger partial charge in [0.2, 0.25) is 17.3 Å². The largest absolute Gasteiger partial charge is 0.497 e. The minimum absolute atomic E-state index is 0.00395. The molecule has 8 heteroatoms. The lowest BCUT2D eigenvalue weighted by Crippen LogP contribution is -2.56. The summed E-state index contributed by atoms with van der Waals surface area (Å²) in [6.07, 6.45) is 0. The quantitative estimate of drug-likeness (QED) is 0.152. The van der Waals surface area contributed by atoms with Crippen molar-refractivity contribution >= 4 is 46.3 Å². The second-order valence-electron chi connectivity index (χ2n) is 8.49. The number of carbonyl (C=O) groups excluding carboxylic acids is 4. The normalized spacial score (nSPS) is 11.1. The first-order valence-electron chi connectivity index (χ1n) is 11.8. The van der Waals surface area contributed by atoms with Gasteiger partial charge in [-0.3, -0.25) is 19.2 Å². The predicted molar refractivity (Wildman–Crippen MR) is 148 cm³/mol. The Kier molecular flexibility index (Phi) is 8.72. The third-order valence-electron chi connectivity index (χ3n) is 6.04. The van der Waals surface area contributed by atoms with Crippen LogP contribution in [-0.4, -0.2) is 42.5 Å². The summed E-state index contributed by atoms with van der Waals surface area (Å²) < 4.78 is 11.1. The fourth-order valence-corrected chi connectivity index (χ4v) is 4.19. The molecule has 0 heterocycles. The van der Waals surface area contributed by atoms with E-state index in [1.807, 2.05) is 0 Å². The van der Waals surface area contributed by atoms with Crippen LogP contribution in [0.4, 0.5) is 0 Å². The fourth-order valence-electron chi connectivity index (χ4n) is 3.94. The van der Waals surface area contributed by atoms with Gasteiger partial charge in [0.1, 0.15) is 12.4 Å². The van der Waals surface area contributed by atoms with Gasteiger partial charge < -0.3 is 9.47 Å². The number of ether oxygens (including phenoxy) is 2. The minimum atomic E-state index is -2.74. The SMILES string of the molecule is COc1ccc(C(=O)C(OCC(=O)c2ccccc2)(C(=O)c2ccc(Cl)cc2)C(=O)c2ccc(Cl)cc2)cc1. The number of hydrogen-bond donors (Lipinski definition) is 0. The first-order chi connectivity index (χ1) is 18.8. The number of ketones is 4. The van der Waals surface area contributed by atoms with Gasteiger partial charge in [0.05, 0.1) is 7.11 Å². The van der Waals surface area contributed by atoms with E-state index in [1.54, 1.807) is 30.3 Å². The summed E-state index contributed by atoms with van der Waals surface area (Å²) in [4.78, 5) is 55.6. The molecular formula is C31H22Cl2O6. The van der Waals surface area contributed by atoms with Crippen LogP contribution in [0, 0.1) is 0 Å². The number of hydrogen-bond acceptors (Lipinski definition) is 6. The summed E-state index contributed by atoms with van der Waals surface area (Å²) in [6.45, 7) is -0.718. The first kappa shape index (κ1) is 27.9. The molecule has 0 saturated heterocycles. The Labute approximate surface area is 235 Å². The van der Waals surface area contributed by atoms with Crippen LogP contribution in [0.15, 0.2) is 103 Å². The van der Waals surface area contributed by atoms with Crippen molar-refractivity contribution < 1.29 is 28.7 Å². The van der Waals surface area contributed by atoms with Crippen molar-refractivity contribution in [3.63, 3.8) is 0 Å². The molecule has 0 aromatic heterocycles. The van der Waals surface area contributed by atoms with Gasteiger partial charge in [-0.15, -0.1) is 0 Å². The molecule has 39 heavy (non-hydrogen) atoms. The standard InChI is InChI=1S/C31H22Cl2O6/c1-38-26-17-11-23(12-18-26)30(37)31(28(35)21-7-13-24(32)14-8-21,29(36)22-9-15-25(33)16-10-22)39-19-27(34)20-5-3-2-4-6-20/h2-18H,19H2,1H3. The lowest BCUT2D eigenvalue weighted by atomic mass is 9.79. The molecule has 0 fully saturated rings. The van der Waals surface area contributed by atoms with Crippen molar-refractivity contribution in [2.24, 2.45) is 0 Å². The van der Waals surface area contributed by atoms with Crippen molar-refractivity contribution in [3.05, 3.63) is 135 Å². The molecule has 6 nitrogen and oxygen atoms in total. The summed E-state index contributed by atoms with van der Waals surface area (Å²) in [5.41, 5.74) is -2.44. The second-order valence-corrected chi connectivity index (χ2v) is 9.36. The monoisotopic (exact) mass is 560 g/mol. The van der Waals surface area contributed by atoms with Crippen LogP contribution in [0.1, 0.15) is 41.4 Å². The number of carbonyl (C=O) groups is 4. The predicted octanol–water partition coefficient (Wildman–Crippen LogP) is 6.59. The molecule has 4 aromatic rings. The van der Waals surface area contributed by atoms with Crippen LogP contribution < -0.4 is 4.74 Å². The molecule has 0 unspecified atom stereocenters. The van der Waals surface area contributed by atoms with E-state index in [0.29, 0.717) is 21.4 Å². The van der Waals surface area contributed by atoms with Gasteiger partial charge in [0.25, 0.3) is 5.60 Å². The maximum Gasteiger partial charge on any atom is 0.257 e. The Balaban J connectivity index is 1.89. The van der Waals surface area contributed by atoms with Gasteiger partial charge in [-0.25, -0.2) is 0 Å². The van der Waals surface area contributed by atoms with Crippen molar-refractivity contribution in [2.45, 2.75) is 5.60 Å². The van der Waals surface area contributed by atoms with Crippen molar-refractivity contribution in [1.82, 2.24) is 0 Å². The summed E-state index contributed by atoms with van der Waals surface area (Å²) in [5.74, 6) is -2.88. The lowest BCUT2D eigenvalue weighted by Gasteiger charge is -2.30. The number of halogens is 2. The molecule has 196 valence electrons. The van der Waals surface area contributed by atoms with Crippen LogP contribution in [0.25, 0.3) is 0 Å². The maximum atomic E-state index is 14.2. The topological polar surface area (TPSA) is 86.7 Å². The Morgan fingerprint density at radius 3 is 1.41 bits per heavy atom. The van der Waals surface area contributed by atoms with Crippen LogP contribution >= 0.6 is 23.2 Å². The molecular weight excluding hydrogens is 539 g/mol. The second kappa shape index (κ2) is 12.2. The lowest BCUT2D eigenvalue weighted by molar-refractivity contribution is -0.00111. The van der Waals surface area contributed by atoms with Crippen LogP contribution in [0.2, 0.25) is 10.0 Å². The highest BCUT2D eigenvalue weighted by Gasteiger charge is 2.54. The van der Waals surface area contributed by atoms with E-state index in [0.717, 1.165) is 0 Å². The summed E-state index contributed by atoms with van der Waals surface area (Å²) in [5, 5.41) is 0.700. The maximum absolute atomic E-state index is 14.2.